The summed E-state index contributed by atoms with van der Waals surface area (Å²) in [7, 11) is 0. The van der Waals surface area contributed by atoms with Crippen LogP contribution in [0, 0.1) is 13.8 Å². The molecule has 1 aromatic carbocycles. The van der Waals surface area contributed by atoms with E-state index in [1.54, 1.807) is 0 Å². The average Bonchev–Trinajstić information content (AvgIpc) is 2.19. The highest BCUT2D eigenvalue weighted by Gasteiger charge is 2.17. The number of Topliss-reactive ketones (excluding diaryl/α,β-unsaturated/α-hetero) is 1. The van der Waals surface area contributed by atoms with Gasteiger partial charge in [0, 0.05) is 11.4 Å². The van der Waals surface area contributed by atoms with E-state index in [0.29, 0.717) is 5.56 Å². The summed E-state index contributed by atoms with van der Waals surface area (Å²) in [6.45, 7) is 3.84. The molecule has 0 amide bonds. The summed E-state index contributed by atoms with van der Waals surface area (Å²) in [5.74, 6) is 0.0520. The highest BCUT2D eigenvalue weighted by molar-refractivity contribution is 6.38. The first-order chi connectivity index (χ1) is 6.56. The quantitative estimate of drug-likeness (QED) is 0.576. The standard InChI is InChI=1S/C11H12Cl2O/c1-7-3-4-8(2)9(5-7)11(14)10(13)6-12/h3-5,10H,6H2,1-2H3. The molecule has 0 aliphatic heterocycles. The molecule has 1 rings (SSSR count). The second kappa shape index (κ2) is 4.81. The molecule has 0 fully saturated rings. The van der Waals surface area contributed by atoms with Crippen molar-refractivity contribution < 1.29 is 4.79 Å². The molecular formula is C11H12Cl2O. The number of ketones is 1. The Hall–Kier alpha value is -0.530. The summed E-state index contributed by atoms with van der Waals surface area (Å²) in [5.41, 5.74) is 2.67. The highest BCUT2D eigenvalue weighted by atomic mass is 35.5. The predicted octanol–water partition coefficient (Wildman–Crippen LogP) is 3.33. The number of hydrogen-bond donors (Lipinski definition) is 0. The monoisotopic (exact) mass is 230 g/mol. The Morgan fingerprint density at radius 2 is 2.07 bits per heavy atom. The van der Waals surface area contributed by atoms with Gasteiger partial charge in [-0.2, -0.15) is 0 Å². The predicted molar refractivity (Wildman–Crippen MR) is 60.6 cm³/mol. The number of benzene rings is 1. The first-order valence-electron chi connectivity index (χ1n) is 4.37. The van der Waals surface area contributed by atoms with Crippen LogP contribution in [0.25, 0.3) is 0 Å². The summed E-state index contributed by atoms with van der Waals surface area (Å²) in [5, 5.41) is -0.628. The van der Waals surface area contributed by atoms with Gasteiger partial charge >= 0.3 is 0 Å². The van der Waals surface area contributed by atoms with E-state index in [2.05, 4.69) is 0 Å². The molecule has 1 unspecified atom stereocenters. The normalized spacial score (nSPS) is 12.6. The van der Waals surface area contributed by atoms with Crippen molar-refractivity contribution in [2.24, 2.45) is 0 Å². The van der Waals surface area contributed by atoms with E-state index in [4.69, 9.17) is 23.2 Å². The Bertz CT molecular complexity index is 347. The Morgan fingerprint density at radius 3 is 2.64 bits per heavy atom. The second-order valence-corrected chi connectivity index (χ2v) is 4.14. The molecule has 1 atom stereocenters. The molecule has 0 aliphatic rings. The van der Waals surface area contributed by atoms with Gasteiger partial charge in [-0.05, 0) is 25.5 Å². The number of carbonyl (C=O) groups is 1. The Morgan fingerprint density at radius 1 is 1.43 bits per heavy atom. The van der Waals surface area contributed by atoms with Crippen molar-refractivity contribution >= 4 is 29.0 Å². The molecule has 14 heavy (non-hydrogen) atoms. The SMILES string of the molecule is Cc1ccc(C)c(C(=O)C(Cl)CCl)c1. The zero-order valence-electron chi connectivity index (χ0n) is 8.18. The average molecular weight is 231 g/mol. The third kappa shape index (κ3) is 2.49. The Kier molecular flexibility index (Phi) is 3.97. The van der Waals surface area contributed by atoms with Gasteiger partial charge in [-0.25, -0.2) is 0 Å². The van der Waals surface area contributed by atoms with Crippen LogP contribution < -0.4 is 0 Å². The fourth-order valence-electron chi connectivity index (χ4n) is 1.24. The molecule has 1 nitrogen and oxygen atoms in total. The van der Waals surface area contributed by atoms with Crippen LogP contribution in [0.4, 0.5) is 0 Å². The van der Waals surface area contributed by atoms with Gasteiger partial charge in [0.1, 0.15) is 5.38 Å². The van der Waals surface area contributed by atoms with Gasteiger partial charge in [0.15, 0.2) is 5.78 Å². The van der Waals surface area contributed by atoms with Crippen molar-refractivity contribution in [3.05, 3.63) is 34.9 Å². The summed E-state index contributed by atoms with van der Waals surface area (Å²) >= 11 is 11.3. The van der Waals surface area contributed by atoms with E-state index < -0.39 is 5.38 Å². The lowest BCUT2D eigenvalue weighted by atomic mass is 10.0. The van der Waals surface area contributed by atoms with Crippen LogP contribution in [0.2, 0.25) is 0 Å². The van der Waals surface area contributed by atoms with Crippen molar-refractivity contribution in [2.75, 3.05) is 5.88 Å². The largest absolute Gasteiger partial charge is 0.292 e. The molecule has 0 N–H and O–H groups in total. The first kappa shape index (κ1) is 11.5. The lowest BCUT2D eigenvalue weighted by Gasteiger charge is -2.08. The lowest BCUT2D eigenvalue weighted by molar-refractivity contribution is 0.0992. The van der Waals surface area contributed by atoms with Gasteiger partial charge in [0.25, 0.3) is 0 Å². The maximum Gasteiger partial charge on any atom is 0.182 e. The van der Waals surface area contributed by atoms with Crippen molar-refractivity contribution in [1.29, 1.82) is 0 Å². The molecule has 1 aromatic rings. The van der Waals surface area contributed by atoms with E-state index in [0.717, 1.165) is 11.1 Å². The minimum atomic E-state index is -0.628. The molecule has 0 aromatic heterocycles. The van der Waals surface area contributed by atoms with Crippen molar-refractivity contribution in [3.8, 4) is 0 Å². The number of rotatable bonds is 3. The number of alkyl halides is 2. The Labute approximate surface area is 94.0 Å². The van der Waals surface area contributed by atoms with Crippen LogP contribution in [0.5, 0.6) is 0 Å². The number of hydrogen-bond acceptors (Lipinski definition) is 1. The van der Waals surface area contributed by atoms with Gasteiger partial charge in [-0.15, -0.1) is 23.2 Å². The van der Waals surface area contributed by atoms with Crippen LogP contribution in [0.15, 0.2) is 18.2 Å². The third-order valence-corrected chi connectivity index (χ3v) is 2.90. The summed E-state index contributed by atoms with van der Waals surface area (Å²) in [6, 6.07) is 5.73. The first-order valence-corrected chi connectivity index (χ1v) is 5.35. The maximum absolute atomic E-state index is 11.7. The second-order valence-electron chi connectivity index (χ2n) is 3.30. The minimum absolute atomic E-state index is 0.0946. The van der Waals surface area contributed by atoms with Gasteiger partial charge in [-0.3, -0.25) is 4.79 Å². The molecule has 0 heterocycles. The fraction of sp³-hybridized carbons (Fsp3) is 0.364. The van der Waals surface area contributed by atoms with Gasteiger partial charge in [0.2, 0.25) is 0 Å². The van der Waals surface area contributed by atoms with E-state index >= 15 is 0 Å². The number of halogens is 2. The molecule has 3 heteroatoms. The molecule has 0 spiro atoms. The third-order valence-electron chi connectivity index (χ3n) is 2.08. The maximum atomic E-state index is 11.7. The highest BCUT2D eigenvalue weighted by Crippen LogP contribution is 2.16. The summed E-state index contributed by atoms with van der Waals surface area (Å²) in [6.07, 6.45) is 0. The molecule has 0 radical (unpaired) electrons. The van der Waals surface area contributed by atoms with Crippen LogP contribution in [-0.4, -0.2) is 17.0 Å². The zero-order chi connectivity index (χ0) is 10.7. The van der Waals surface area contributed by atoms with E-state index in [1.165, 1.54) is 0 Å². The summed E-state index contributed by atoms with van der Waals surface area (Å²) in [4.78, 5) is 11.7. The smallest absolute Gasteiger partial charge is 0.182 e. The molecule has 0 aliphatic carbocycles. The molecule has 0 bridgehead atoms. The van der Waals surface area contributed by atoms with Crippen LogP contribution in [0.3, 0.4) is 0 Å². The van der Waals surface area contributed by atoms with Gasteiger partial charge in [-0.1, -0.05) is 17.7 Å². The van der Waals surface area contributed by atoms with Crippen LogP contribution in [-0.2, 0) is 0 Å². The molecule has 76 valence electrons. The topological polar surface area (TPSA) is 17.1 Å². The fourth-order valence-corrected chi connectivity index (χ4v) is 1.50. The summed E-state index contributed by atoms with van der Waals surface area (Å²) < 4.78 is 0. The number of aryl methyl sites for hydroxylation is 2. The molecule has 0 saturated carbocycles. The molecule has 0 saturated heterocycles. The van der Waals surface area contributed by atoms with Crippen LogP contribution in [0.1, 0.15) is 21.5 Å². The van der Waals surface area contributed by atoms with E-state index in [-0.39, 0.29) is 11.7 Å². The van der Waals surface area contributed by atoms with Crippen molar-refractivity contribution in [3.63, 3.8) is 0 Å². The van der Waals surface area contributed by atoms with E-state index in [1.807, 2.05) is 32.0 Å². The van der Waals surface area contributed by atoms with Gasteiger partial charge < -0.3 is 0 Å². The van der Waals surface area contributed by atoms with Crippen molar-refractivity contribution in [1.82, 2.24) is 0 Å². The van der Waals surface area contributed by atoms with Crippen LogP contribution >= 0.6 is 23.2 Å². The van der Waals surface area contributed by atoms with Crippen molar-refractivity contribution in [2.45, 2.75) is 19.2 Å². The minimum Gasteiger partial charge on any atom is -0.292 e. The zero-order valence-corrected chi connectivity index (χ0v) is 9.69. The van der Waals surface area contributed by atoms with E-state index in [9.17, 15) is 4.79 Å². The van der Waals surface area contributed by atoms with Gasteiger partial charge in [0.05, 0.1) is 0 Å². The molecular weight excluding hydrogens is 219 g/mol. The Balaban J connectivity index is 3.06. The number of carbonyl (C=O) groups excluding carboxylic acids is 1. The lowest BCUT2D eigenvalue weighted by Crippen LogP contribution is -2.17.